The number of rotatable bonds is 8. The van der Waals surface area contributed by atoms with Gasteiger partial charge in [0.15, 0.2) is 0 Å². The Morgan fingerprint density at radius 3 is 2.05 bits per heavy atom. The van der Waals surface area contributed by atoms with Crippen LogP contribution in [0.3, 0.4) is 0 Å². The van der Waals surface area contributed by atoms with Gasteiger partial charge in [-0.25, -0.2) is 0 Å². The lowest BCUT2D eigenvalue weighted by molar-refractivity contribution is 0.0722. The van der Waals surface area contributed by atoms with E-state index in [2.05, 4.69) is 63.9 Å². The molecule has 0 N–H and O–H groups in total. The minimum atomic E-state index is 0.262. The maximum atomic E-state index is 5.44. The van der Waals surface area contributed by atoms with Crippen LogP contribution in [0.25, 0.3) is 5.57 Å². The van der Waals surface area contributed by atoms with Crippen LogP contribution in [0.5, 0.6) is 0 Å². The van der Waals surface area contributed by atoms with Crippen LogP contribution in [-0.4, -0.2) is 13.7 Å². The fourth-order valence-electron chi connectivity index (χ4n) is 2.71. The quantitative estimate of drug-likeness (QED) is 0.418. The molecular formula is C21H32O. The molecule has 0 saturated carbocycles. The fraction of sp³-hybridized carbons (Fsp3) is 0.429. The highest BCUT2D eigenvalue weighted by atomic mass is 16.5. The minimum absolute atomic E-state index is 0.262. The van der Waals surface area contributed by atoms with Crippen molar-refractivity contribution in [2.45, 2.75) is 40.0 Å². The second-order valence-corrected chi connectivity index (χ2v) is 5.46. The summed E-state index contributed by atoms with van der Waals surface area (Å²) in [4.78, 5) is 0. The Morgan fingerprint density at radius 1 is 1.14 bits per heavy atom. The molecule has 0 atom stereocenters. The molecule has 0 bridgehead atoms. The van der Waals surface area contributed by atoms with Gasteiger partial charge in [0.2, 0.25) is 0 Å². The summed E-state index contributed by atoms with van der Waals surface area (Å²) in [5, 5.41) is 0. The van der Waals surface area contributed by atoms with Gasteiger partial charge in [-0.05, 0) is 48.3 Å². The first-order valence-corrected chi connectivity index (χ1v) is 8.01. The summed E-state index contributed by atoms with van der Waals surface area (Å²) in [6, 6.07) is 8.85. The highest BCUT2D eigenvalue weighted by Gasteiger charge is 2.26. The average Bonchev–Trinajstić information content (AvgIpc) is 2.58. The Bertz CT molecular complexity index is 449. The number of benzene rings is 1. The molecule has 0 fully saturated rings. The second kappa shape index (κ2) is 11.0. The van der Waals surface area contributed by atoms with Crippen LogP contribution in [0.1, 0.15) is 44.7 Å². The van der Waals surface area contributed by atoms with Crippen molar-refractivity contribution in [2.24, 2.45) is 5.41 Å². The van der Waals surface area contributed by atoms with E-state index < -0.39 is 0 Å². The van der Waals surface area contributed by atoms with Gasteiger partial charge in [-0.15, -0.1) is 13.2 Å². The Labute approximate surface area is 137 Å². The van der Waals surface area contributed by atoms with Crippen molar-refractivity contribution in [1.29, 1.82) is 0 Å². The molecule has 0 aliphatic carbocycles. The smallest absolute Gasteiger partial charge is 0.0521 e. The fourth-order valence-corrected chi connectivity index (χ4v) is 2.71. The largest absolute Gasteiger partial charge is 0.384 e. The molecule has 0 aromatic heterocycles. The number of ether oxygens (including phenoxy) is 1. The SMILES string of the molecule is C=C.C=C/C(=C\C)c1ccc(CC(CC)(CC)COC)cc1. The van der Waals surface area contributed by atoms with Gasteiger partial charge in [0.25, 0.3) is 0 Å². The van der Waals surface area contributed by atoms with Gasteiger partial charge in [-0.1, -0.05) is 56.8 Å². The van der Waals surface area contributed by atoms with Crippen LogP contribution < -0.4 is 0 Å². The van der Waals surface area contributed by atoms with Crippen molar-refractivity contribution in [3.05, 3.63) is 67.3 Å². The first-order chi connectivity index (χ1) is 10.6. The van der Waals surface area contributed by atoms with Crippen molar-refractivity contribution in [3.63, 3.8) is 0 Å². The summed E-state index contributed by atoms with van der Waals surface area (Å²) >= 11 is 0. The molecule has 1 nitrogen and oxygen atoms in total. The summed E-state index contributed by atoms with van der Waals surface area (Å²) in [6.07, 6.45) is 7.36. The van der Waals surface area contributed by atoms with Crippen LogP contribution in [0, 0.1) is 5.41 Å². The number of methoxy groups -OCH3 is 1. The molecule has 22 heavy (non-hydrogen) atoms. The van der Waals surface area contributed by atoms with Crippen molar-refractivity contribution in [3.8, 4) is 0 Å². The van der Waals surface area contributed by atoms with Crippen molar-refractivity contribution in [2.75, 3.05) is 13.7 Å². The number of hydrogen-bond acceptors (Lipinski definition) is 1. The first kappa shape index (κ1) is 20.4. The summed E-state index contributed by atoms with van der Waals surface area (Å²) in [7, 11) is 1.80. The molecule has 122 valence electrons. The van der Waals surface area contributed by atoms with Gasteiger partial charge in [-0.3, -0.25) is 0 Å². The van der Waals surface area contributed by atoms with Gasteiger partial charge in [0.05, 0.1) is 6.61 Å². The van der Waals surface area contributed by atoms with Gasteiger partial charge in [0, 0.05) is 7.11 Å². The summed E-state index contributed by atoms with van der Waals surface area (Å²) < 4.78 is 5.44. The van der Waals surface area contributed by atoms with Crippen LogP contribution in [0.2, 0.25) is 0 Å². The lowest BCUT2D eigenvalue weighted by Crippen LogP contribution is -2.27. The van der Waals surface area contributed by atoms with Crippen LogP contribution in [0.4, 0.5) is 0 Å². The zero-order chi connectivity index (χ0) is 17.0. The minimum Gasteiger partial charge on any atom is -0.384 e. The molecule has 1 rings (SSSR count). The van der Waals surface area contributed by atoms with Crippen LogP contribution in [-0.2, 0) is 11.2 Å². The number of allylic oxidation sites excluding steroid dienone is 3. The van der Waals surface area contributed by atoms with E-state index in [0.29, 0.717) is 0 Å². The molecule has 0 saturated heterocycles. The third kappa shape index (κ3) is 5.65. The van der Waals surface area contributed by atoms with E-state index in [1.54, 1.807) is 7.11 Å². The molecule has 0 heterocycles. The molecule has 1 heteroatoms. The third-order valence-corrected chi connectivity index (χ3v) is 4.35. The van der Waals surface area contributed by atoms with E-state index in [9.17, 15) is 0 Å². The predicted molar refractivity (Wildman–Crippen MR) is 100 cm³/mol. The van der Waals surface area contributed by atoms with E-state index in [4.69, 9.17) is 4.74 Å². The van der Waals surface area contributed by atoms with E-state index in [-0.39, 0.29) is 5.41 Å². The van der Waals surface area contributed by atoms with E-state index in [1.807, 2.05) is 13.0 Å². The van der Waals surface area contributed by atoms with E-state index >= 15 is 0 Å². The summed E-state index contributed by atoms with van der Waals surface area (Å²) in [5.41, 5.74) is 4.06. The lowest BCUT2D eigenvalue weighted by atomic mass is 9.77. The average molecular weight is 300 g/mol. The van der Waals surface area contributed by atoms with Crippen molar-refractivity contribution < 1.29 is 4.74 Å². The zero-order valence-electron chi connectivity index (χ0n) is 14.8. The molecule has 1 aromatic carbocycles. The molecule has 0 unspecified atom stereocenters. The van der Waals surface area contributed by atoms with Crippen LogP contribution in [0.15, 0.2) is 56.2 Å². The third-order valence-electron chi connectivity index (χ3n) is 4.35. The van der Waals surface area contributed by atoms with Gasteiger partial charge < -0.3 is 4.74 Å². The Hall–Kier alpha value is -1.60. The van der Waals surface area contributed by atoms with Gasteiger partial charge >= 0.3 is 0 Å². The predicted octanol–water partition coefficient (Wildman–Crippen LogP) is 6.07. The van der Waals surface area contributed by atoms with E-state index in [1.165, 1.54) is 16.7 Å². The maximum absolute atomic E-state index is 5.44. The zero-order valence-corrected chi connectivity index (χ0v) is 14.8. The first-order valence-electron chi connectivity index (χ1n) is 8.01. The highest BCUT2D eigenvalue weighted by Crippen LogP contribution is 2.31. The topological polar surface area (TPSA) is 9.23 Å². The van der Waals surface area contributed by atoms with E-state index in [0.717, 1.165) is 25.9 Å². The summed E-state index contributed by atoms with van der Waals surface area (Å²) in [6.45, 7) is 17.2. The Kier molecular flexibility index (Phi) is 10.2. The summed E-state index contributed by atoms with van der Waals surface area (Å²) in [5.74, 6) is 0. The molecule has 0 radical (unpaired) electrons. The number of hydrogen-bond donors (Lipinski definition) is 0. The normalized spacial score (nSPS) is 11.5. The standard InChI is InChI=1S/C19H28O.C2H4/c1-6-17(7-2)18-12-10-16(11-13-18)14-19(8-3,9-4)15-20-5;1-2/h6-7,10-13H,1,8-9,14-15H2,2-5H3;1-2H2/b17-7+;. The monoisotopic (exact) mass is 300 g/mol. The highest BCUT2D eigenvalue weighted by molar-refractivity contribution is 5.73. The molecule has 0 amide bonds. The van der Waals surface area contributed by atoms with Gasteiger partial charge in [0.1, 0.15) is 0 Å². The van der Waals surface area contributed by atoms with Crippen LogP contribution >= 0.6 is 0 Å². The van der Waals surface area contributed by atoms with Crippen molar-refractivity contribution in [1.82, 2.24) is 0 Å². The molecule has 0 spiro atoms. The Balaban J connectivity index is 0.00000211. The molecular weight excluding hydrogens is 268 g/mol. The molecule has 0 aliphatic rings. The van der Waals surface area contributed by atoms with Crippen molar-refractivity contribution >= 4 is 5.57 Å². The van der Waals surface area contributed by atoms with Gasteiger partial charge in [-0.2, -0.15) is 0 Å². The maximum Gasteiger partial charge on any atom is 0.0521 e. The molecule has 1 aromatic rings. The molecule has 0 aliphatic heterocycles. The second-order valence-electron chi connectivity index (χ2n) is 5.46. The Morgan fingerprint density at radius 2 is 1.68 bits per heavy atom. The lowest BCUT2D eigenvalue weighted by Gasteiger charge is -2.31.